The summed E-state index contributed by atoms with van der Waals surface area (Å²) in [4.78, 5) is 2.79. The average molecular weight is 504 g/mol. The Bertz CT molecular complexity index is 903. The molecule has 2 nitrogen and oxygen atoms in total. The molecule has 1 aliphatic heterocycles. The lowest BCUT2D eigenvalue weighted by Gasteiger charge is -2.57. The van der Waals surface area contributed by atoms with E-state index in [1.807, 2.05) is 0 Å². The van der Waals surface area contributed by atoms with Gasteiger partial charge in [-0.05, 0) is 95.1 Å². The second-order valence-electron chi connectivity index (χ2n) is 13.4. The molecule has 0 amide bonds. The van der Waals surface area contributed by atoms with E-state index in [2.05, 4.69) is 100 Å². The van der Waals surface area contributed by atoms with Crippen molar-refractivity contribution in [3.05, 3.63) is 71.8 Å². The van der Waals surface area contributed by atoms with Gasteiger partial charge in [0.2, 0.25) is 0 Å². The lowest BCUT2D eigenvalue weighted by molar-refractivity contribution is -0.0900. The highest BCUT2D eigenvalue weighted by molar-refractivity contribution is 5.17. The van der Waals surface area contributed by atoms with Gasteiger partial charge in [-0.15, -0.1) is 0 Å². The Morgan fingerprint density at radius 2 is 1.38 bits per heavy atom. The molecule has 204 valence electrons. The van der Waals surface area contributed by atoms with Crippen molar-refractivity contribution in [3.63, 3.8) is 0 Å². The third-order valence-electron chi connectivity index (χ3n) is 9.52. The van der Waals surface area contributed by atoms with Crippen LogP contribution < -0.4 is 0 Å². The van der Waals surface area contributed by atoms with E-state index in [0.29, 0.717) is 12.0 Å². The van der Waals surface area contributed by atoms with Crippen molar-refractivity contribution in [2.75, 3.05) is 0 Å². The maximum atomic E-state index is 6.63. The van der Waals surface area contributed by atoms with E-state index in [0.717, 1.165) is 25.0 Å². The predicted octanol–water partition coefficient (Wildman–Crippen LogP) is 9.43. The van der Waals surface area contributed by atoms with Crippen molar-refractivity contribution in [2.24, 2.45) is 17.8 Å². The second kappa shape index (κ2) is 12.9. The molecule has 0 spiro atoms. The van der Waals surface area contributed by atoms with Gasteiger partial charge in [-0.2, -0.15) is 0 Å². The zero-order valence-corrected chi connectivity index (χ0v) is 24.4. The molecule has 3 unspecified atom stereocenters. The molecule has 2 fully saturated rings. The van der Waals surface area contributed by atoms with Gasteiger partial charge in [-0.3, -0.25) is 4.90 Å². The topological polar surface area (TPSA) is 12.5 Å². The number of nitrogens with zero attached hydrogens (tertiary/aromatic N) is 1. The van der Waals surface area contributed by atoms with E-state index >= 15 is 0 Å². The zero-order valence-electron chi connectivity index (χ0n) is 24.4. The van der Waals surface area contributed by atoms with Gasteiger partial charge in [0.15, 0.2) is 0 Å². The van der Waals surface area contributed by atoms with Crippen LogP contribution in [0.4, 0.5) is 0 Å². The van der Waals surface area contributed by atoms with E-state index in [4.69, 9.17) is 4.74 Å². The molecule has 0 radical (unpaired) electrons. The Labute approximate surface area is 228 Å². The molecule has 2 aromatic carbocycles. The molecule has 1 saturated heterocycles. The highest BCUT2D eigenvalue weighted by Gasteiger charge is 2.48. The normalized spacial score (nSPS) is 26.2. The largest absolute Gasteiger partial charge is 0.373 e. The number of benzene rings is 2. The first-order chi connectivity index (χ1) is 17.8. The average Bonchev–Trinajstić information content (AvgIpc) is 2.88. The van der Waals surface area contributed by atoms with E-state index in [9.17, 15) is 0 Å². The summed E-state index contributed by atoms with van der Waals surface area (Å²) in [5, 5.41) is 0. The molecule has 2 aliphatic rings. The van der Waals surface area contributed by atoms with E-state index in [-0.39, 0.29) is 11.1 Å². The maximum absolute atomic E-state index is 6.63. The number of rotatable bonds is 11. The summed E-state index contributed by atoms with van der Waals surface area (Å²) in [5.74, 6) is 2.36. The fraction of sp³-hybridized carbons (Fsp3) is 0.657. The van der Waals surface area contributed by atoms with Crippen LogP contribution in [-0.4, -0.2) is 22.1 Å². The lowest BCUT2D eigenvalue weighted by Crippen LogP contribution is -2.61. The molecule has 1 aliphatic carbocycles. The molecule has 2 heteroatoms. The molecular weight excluding hydrogens is 450 g/mol. The lowest BCUT2D eigenvalue weighted by atomic mass is 9.63. The highest BCUT2D eigenvalue weighted by Crippen LogP contribution is 2.49. The fourth-order valence-corrected chi connectivity index (χ4v) is 7.76. The number of piperidine rings is 1. The molecule has 2 aromatic rings. The summed E-state index contributed by atoms with van der Waals surface area (Å²) in [6.07, 6.45) is 13.7. The second-order valence-corrected chi connectivity index (χ2v) is 13.4. The first kappa shape index (κ1) is 28.4. The number of hydrogen-bond donors (Lipinski definition) is 0. The van der Waals surface area contributed by atoms with Gasteiger partial charge >= 0.3 is 0 Å². The molecule has 1 heterocycles. The third-order valence-corrected chi connectivity index (χ3v) is 9.52. The van der Waals surface area contributed by atoms with E-state index in [1.165, 1.54) is 75.3 Å². The molecule has 1 saturated carbocycles. The fourth-order valence-electron chi connectivity index (χ4n) is 7.76. The summed E-state index contributed by atoms with van der Waals surface area (Å²) in [6, 6.07) is 21.8. The van der Waals surface area contributed by atoms with Gasteiger partial charge < -0.3 is 4.74 Å². The van der Waals surface area contributed by atoms with Crippen LogP contribution in [-0.2, 0) is 17.9 Å². The first-order valence-electron chi connectivity index (χ1n) is 15.3. The van der Waals surface area contributed by atoms with Crippen LogP contribution in [0.5, 0.6) is 0 Å². The molecule has 0 aromatic heterocycles. The molecule has 4 rings (SSSR count). The minimum Gasteiger partial charge on any atom is -0.373 e. The molecular formula is C35H53NO. The minimum absolute atomic E-state index is 0.208. The van der Waals surface area contributed by atoms with Crippen molar-refractivity contribution >= 4 is 0 Å². The number of hydrogen-bond acceptors (Lipinski definition) is 2. The summed E-state index contributed by atoms with van der Waals surface area (Å²) in [5.41, 5.74) is 3.16. The van der Waals surface area contributed by atoms with Crippen LogP contribution in [0.15, 0.2) is 60.7 Å². The van der Waals surface area contributed by atoms with Gasteiger partial charge in [0.25, 0.3) is 0 Å². The first-order valence-corrected chi connectivity index (χ1v) is 15.3. The van der Waals surface area contributed by atoms with E-state index in [1.54, 1.807) is 0 Å². The summed E-state index contributed by atoms with van der Waals surface area (Å²) >= 11 is 0. The van der Waals surface area contributed by atoms with Crippen LogP contribution in [0.1, 0.15) is 110 Å². The summed E-state index contributed by atoms with van der Waals surface area (Å²) in [7, 11) is 0. The quantitative estimate of drug-likeness (QED) is 0.283. The Morgan fingerprint density at radius 1 is 0.757 bits per heavy atom. The van der Waals surface area contributed by atoms with Crippen molar-refractivity contribution in [1.82, 2.24) is 4.90 Å². The van der Waals surface area contributed by atoms with Crippen LogP contribution in [0.3, 0.4) is 0 Å². The standard InChI is InChI=1S/C35H53NO/c1-6-7-8-15-20-31-23-30(21-22-33(31)37-27-29-18-13-10-14-19-29)32-24-34(2,3)36(35(4,5)25-32)26-28-16-11-9-12-17-28/h9-14,16-19,30-33H,6-8,15,20-27H2,1-5H3. The van der Waals surface area contributed by atoms with Crippen molar-refractivity contribution in [1.29, 1.82) is 0 Å². The predicted molar refractivity (Wildman–Crippen MR) is 157 cm³/mol. The number of ether oxygens (including phenoxy) is 1. The minimum atomic E-state index is 0.208. The summed E-state index contributed by atoms with van der Waals surface area (Å²) < 4.78 is 6.63. The van der Waals surface area contributed by atoms with Gasteiger partial charge in [0, 0.05) is 17.6 Å². The van der Waals surface area contributed by atoms with Gasteiger partial charge in [0.05, 0.1) is 12.7 Å². The third kappa shape index (κ3) is 7.70. The Morgan fingerprint density at radius 3 is 2.00 bits per heavy atom. The van der Waals surface area contributed by atoms with Crippen LogP contribution in [0.2, 0.25) is 0 Å². The number of likely N-dealkylation sites (tertiary alicyclic amines) is 1. The Kier molecular flexibility index (Phi) is 9.92. The van der Waals surface area contributed by atoms with E-state index < -0.39 is 0 Å². The van der Waals surface area contributed by atoms with Crippen molar-refractivity contribution in [3.8, 4) is 0 Å². The van der Waals surface area contributed by atoms with Crippen LogP contribution in [0.25, 0.3) is 0 Å². The zero-order chi connectivity index (χ0) is 26.3. The molecule has 37 heavy (non-hydrogen) atoms. The summed E-state index contributed by atoms with van der Waals surface area (Å²) in [6.45, 7) is 14.1. The number of unbranched alkanes of at least 4 members (excludes halogenated alkanes) is 3. The van der Waals surface area contributed by atoms with Gasteiger partial charge in [-0.25, -0.2) is 0 Å². The molecule has 0 bridgehead atoms. The van der Waals surface area contributed by atoms with Crippen molar-refractivity contribution < 1.29 is 4.74 Å². The maximum Gasteiger partial charge on any atom is 0.0720 e. The SMILES string of the molecule is CCCCCCC1CC(C2CC(C)(C)N(Cc3ccccc3)C(C)(C)C2)CCC1OCc1ccccc1. The molecule has 3 atom stereocenters. The van der Waals surface area contributed by atoms with Crippen LogP contribution in [0, 0.1) is 17.8 Å². The Balaban J connectivity index is 1.41. The van der Waals surface area contributed by atoms with Crippen molar-refractivity contribution in [2.45, 2.75) is 129 Å². The highest BCUT2D eigenvalue weighted by atomic mass is 16.5. The monoisotopic (exact) mass is 503 g/mol. The smallest absolute Gasteiger partial charge is 0.0720 e. The van der Waals surface area contributed by atoms with Crippen LogP contribution >= 0.6 is 0 Å². The van der Waals surface area contributed by atoms with Gasteiger partial charge in [0.1, 0.15) is 0 Å². The Hall–Kier alpha value is -1.64. The van der Waals surface area contributed by atoms with Gasteiger partial charge in [-0.1, -0.05) is 93.3 Å². The molecule has 0 N–H and O–H groups in total.